The highest BCUT2D eigenvalue weighted by Gasteiger charge is 2.31. The van der Waals surface area contributed by atoms with E-state index in [1.807, 2.05) is 37.2 Å². The molecule has 1 aromatic carbocycles. The van der Waals surface area contributed by atoms with Crippen LogP contribution in [0.3, 0.4) is 0 Å². The zero-order valence-corrected chi connectivity index (χ0v) is 14.4. The summed E-state index contributed by atoms with van der Waals surface area (Å²) in [6, 6.07) is 9.85. The average Bonchev–Trinajstić information content (AvgIpc) is 2.90. The van der Waals surface area contributed by atoms with Gasteiger partial charge in [-0.1, -0.05) is 18.2 Å². The second kappa shape index (κ2) is 6.97. The van der Waals surface area contributed by atoms with Gasteiger partial charge in [-0.25, -0.2) is 9.97 Å². The van der Waals surface area contributed by atoms with Crippen molar-refractivity contribution in [1.29, 1.82) is 0 Å². The van der Waals surface area contributed by atoms with E-state index in [-0.39, 0.29) is 11.9 Å². The Morgan fingerprint density at radius 3 is 2.92 bits per heavy atom. The fourth-order valence-electron chi connectivity index (χ4n) is 2.95. The molecule has 0 saturated heterocycles. The monoisotopic (exact) mass is 325 g/mol. The fourth-order valence-corrected chi connectivity index (χ4v) is 2.95. The molecule has 1 unspecified atom stereocenters. The Morgan fingerprint density at radius 2 is 2.12 bits per heavy atom. The number of carbonyl (C=O) groups is 1. The quantitative estimate of drug-likeness (QED) is 0.911. The largest absolute Gasteiger partial charge is 0.353 e. The molecule has 6 heteroatoms. The standard InChI is InChI=1S/C18H23N5O/c1-13-12-14-6-4-5-7-16(14)23(13)17(24)15-8-9-19-18(21-15)20-10-11-22(2)3/h4-9,13H,10-12H2,1-3H3,(H,19,20,21). The van der Waals surface area contributed by atoms with Crippen molar-refractivity contribution >= 4 is 17.5 Å². The van der Waals surface area contributed by atoms with E-state index in [4.69, 9.17) is 0 Å². The van der Waals surface area contributed by atoms with Crippen molar-refractivity contribution < 1.29 is 4.79 Å². The minimum absolute atomic E-state index is 0.0782. The summed E-state index contributed by atoms with van der Waals surface area (Å²) in [6.45, 7) is 3.67. The van der Waals surface area contributed by atoms with Crippen LogP contribution in [0.1, 0.15) is 23.0 Å². The number of anilines is 2. The molecule has 126 valence electrons. The van der Waals surface area contributed by atoms with Crippen LogP contribution in [-0.4, -0.2) is 54.0 Å². The number of fused-ring (bicyclic) bond motifs is 1. The zero-order chi connectivity index (χ0) is 17.1. The van der Waals surface area contributed by atoms with Crippen LogP contribution in [0.4, 0.5) is 11.6 Å². The van der Waals surface area contributed by atoms with E-state index in [2.05, 4.69) is 33.2 Å². The maximum Gasteiger partial charge on any atom is 0.277 e. The Labute approximate surface area is 142 Å². The highest BCUT2D eigenvalue weighted by molar-refractivity contribution is 6.06. The Kier molecular flexibility index (Phi) is 4.76. The molecule has 1 N–H and O–H groups in total. The van der Waals surface area contributed by atoms with Crippen molar-refractivity contribution in [3.63, 3.8) is 0 Å². The third-order valence-electron chi connectivity index (χ3n) is 4.14. The SMILES string of the molecule is CC1Cc2ccccc2N1C(=O)c1ccnc(NCCN(C)C)n1. The Bertz CT molecular complexity index is 731. The number of benzene rings is 1. The Morgan fingerprint density at radius 1 is 1.33 bits per heavy atom. The van der Waals surface area contributed by atoms with Crippen molar-refractivity contribution in [2.75, 3.05) is 37.4 Å². The maximum atomic E-state index is 13.0. The van der Waals surface area contributed by atoms with Crippen LogP contribution in [0, 0.1) is 0 Å². The molecule has 0 saturated carbocycles. The summed E-state index contributed by atoms with van der Waals surface area (Å²) >= 11 is 0. The molecule has 0 fully saturated rings. The zero-order valence-electron chi connectivity index (χ0n) is 14.4. The van der Waals surface area contributed by atoms with Gasteiger partial charge in [0.05, 0.1) is 0 Å². The van der Waals surface area contributed by atoms with Gasteiger partial charge in [-0.15, -0.1) is 0 Å². The van der Waals surface area contributed by atoms with E-state index >= 15 is 0 Å². The third-order valence-corrected chi connectivity index (χ3v) is 4.14. The summed E-state index contributed by atoms with van der Waals surface area (Å²) in [4.78, 5) is 25.4. The maximum absolute atomic E-state index is 13.0. The van der Waals surface area contributed by atoms with Crippen molar-refractivity contribution in [1.82, 2.24) is 14.9 Å². The van der Waals surface area contributed by atoms with E-state index < -0.39 is 0 Å². The Balaban J connectivity index is 1.78. The molecular weight excluding hydrogens is 302 g/mol. The summed E-state index contributed by atoms with van der Waals surface area (Å²) in [5, 5.41) is 3.16. The van der Waals surface area contributed by atoms with Crippen molar-refractivity contribution in [3.8, 4) is 0 Å². The highest BCUT2D eigenvalue weighted by Crippen LogP contribution is 2.32. The van der Waals surface area contributed by atoms with Crippen molar-refractivity contribution in [2.24, 2.45) is 0 Å². The van der Waals surface area contributed by atoms with Crippen LogP contribution in [0.2, 0.25) is 0 Å². The van der Waals surface area contributed by atoms with Crippen LogP contribution < -0.4 is 10.2 Å². The normalized spacial score (nSPS) is 16.3. The molecule has 1 aliphatic heterocycles. The number of aromatic nitrogens is 2. The highest BCUT2D eigenvalue weighted by atomic mass is 16.2. The lowest BCUT2D eigenvalue weighted by Crippen LogP contribution is -2.36. The van der Waals surface area contributed by atoms with Crippen LogP contribution in [0.5, 0.6) is 0 Å². The molecule has 24 heavy (non-hydrogen) atoms. The van der Waals surface area contributed by atoms with Gasteiger partial charge >= 0.3 is 0 Å². The minimum Gasteiger partial charge on any atom is -0.353 e. The topological polar surface area (TPSA) is 61.4 Å². The number of para-hydroxylation sites is 1. The fraction of sp³-hybridized carbons (Fsp3) is 0.389. The molecule has 1 aliphatic rings. The van der Waals surface area contributed by atoms with Crippen molar-refractivity contribution in [3.05, 3.63) is 47.8 Å². The molecule has 0 bridgehead atoms. The van der Waals surface area contributed by atoms with E-state index in [0.29, 0.717) is 11.6 Å². The van der Waals surface area contributed by atoms with Gasteiger partial charge in [-0.2, -0.15) is 0 Å². The summed E-state index contributed by atoms with van der Waals surface area (Å²) in [7, 11) is 4.02. The first-order valence-corrected chi connectivity index (χ1v) is 8.19. The molecule has 1 atom stereocenters. The number of hydrogen-bond acceptors (Lipinski definition) is 5. The third kappa shape index (κ3) is 3.38. The summed E-state index contributed by atoms with van der Waals surface area (Å²) in [5.74, 6) is 0.411. The van der Waals surface area contributed by atoms with Gasteiger partial charge < -0.3 is 15.1 Å². The Hall–Kier alpha value is -2.47. The summed E-state index contributed by atoms with van der Waals surface area (Å²) in [5.41, 5.74) is 2.60. The van der Waals surface area contributed by atoms with Crippen LogP contribution in [0.15, 0.2) is 36.5 Å². The second-order valence-corrected chi connectivity index (χ2v) is 6.35. The number of amides is 1. The number of rotatable bonds is 5. The predicted octanol–water partition coefficient (Wildman–Crippen LogP) is 2.04. The van der Waals surface area contributed by atoms with Gasteiger partial charge in [-0.3, -0.25) is 4.79 Å². The van der Waals surface area contributed by atoms with Gasteiger partial charge in [0.25, 0.3) is 5.91 Å². The smallest absolute Gasteiger partial charge is 0.277 e. The lowest BCUT2D eigenvalue weighted by molar-refractivity contribution is 0.0976. The lowest BCUT2D eigenvalue weighted by atomic mass is 10.1. The molecule has 1 amide bonds. The first-order chi connectivity index (χ1) is 11.6. The van der Waals surface area contributed by atoms with Crippen LogP contribution in [-0.2, 0) is 6.42 Å². The molecule has 6 nitrogen and oxygen atoms in total. The van der Waals surface area contributed by atoms with E-state index in [1.165, 1.54) is 5.56 Å². The van der Waals surface area contributed by atoms with E-state index in [1.54, 1.807) is 12.3 Å². The number of likely N-dealkylation sites (N-methyl/N-ethyl adjacent to an activating group) is 1. The molecule has 0 radical (unpaired) electrons. The molecular formula is C18H23N5O. The minimum atomic E-state index is -0.0782. The number of nitrogens with zero attached hydrogens (tertiary/aromatic N) is 4. The van der Waals surface area contributed by atoms with E-state index in [0.717, 1.165) is 25.2 Å². The van der Waals surface area contributed by atoms with Gasteiger partial charge in [-0.05, 0) is 45.1 Å². The lowest BCUT2D eigenvalue weighted by Gasteiger charge is -2.22. The number of nitrogens with one attached hydrogen (secondary N) is 1. The molecule has 1 aromatic heterocycles. The second-order valence-electron chi connectivity index (χ2n) is 6.35. The molecule has 2 aromatic rings. The van der Waals surface area contributed by atoms with Crippen LogP contribution >= 0.6 is 0 Å². The van der Waals surface area contributed by atoms with Gasteiger partial charge in [0, 0.05) is 31.0 Å². The van der Waals surface area contributed by atoms with Gasteiger partial charge in [0.15, 0.2) is 0 Å². The number of carbonyl (C=O) groups excluding carboxylic acids is 1. The predicted molar refractivity (Wildman–Crippen MR) is 95.5 cm³/mol. The molecule has 0 aliphatic carbocycles. The molecule has 2 heterocycles. The van der Waals surface area contributed by atoms with Crippen molar-refractivity contribution in [2.45, 2.75) is 19.4 Å². The van der Waals surface area contributed by atoms with E-state index in [9.17, 15) is 4.79 Å². The first kappa shape index (κ1) is 16.4. The summed E-state index contributed by atoms with van der Waals surface area (Å²) < 4.78 is 0. The first-order valence-electron chi connectivity index (χ1n) is 8.19. The molecule has 3 rings (SSSR count). The van der Waals surface area contributed by atoms with Gasteiger partial charge in [0.1, 0.15) is 5.69 Å². The average molecular weight is 325 g/mol. The molecule has 0 spiro atoms. The number of hydrogen-bond donors (Lipinski definition) is 1. The van der Waals surface area contributed by atoms with Gasteiger partial charge in [0.2, 0.25) is 5.95 Å². The van der Waals surface area contributed by atoms with Crippen LogP contribution in [0.25, 0.3) is 0 Å². The summed E-state index contributed by atoms with van der Waals surface area (Å²) in [6.07, 6.45) is 2.51.